The summed E-state index contributed by atoms with van der Waals surface area (Å²) in [7, 11) is 0. The Morgan fingerprint density at radius 1 is 1.12 bits per heavy atom. The topological polar surface area (TPSA) is 86.1 Å². The Balaban J connectivity index is 1.77. The highest BCUT2D eigenvalue weighted by molar-refractivity contribution is 6.42. The van der Waals surface area contributed by atoms with Gasteiger partial charge in [-0.3, -0.25) is 14.2 Å². The van der Waals surface area contributed by atoms with Crippen LogP contribution >= 0.6 is 23.2 Å². The Morgan fingerprint density at radius 3 is 2.44 bits per heavy atom. The molecule has 3 heterocycles. The summed E-state index contributed by atoms with van der Waals surface area (Å²) in [4.78, 5) is 32.9. The van der Waals surface area contributed by atoms with Crippen molar-refractivity contribution in [1.29, 1.82) is 0 Å². The van der Waals surface area contributed by atoms with Gasteiger partial charge in [0, 0.05) is 6.07 Å². The van der Waals surface area contributed by atoms with Crippen molar-refractivity contribution in [3.63, 3.8) is 0 Å². The summed E-state index contributed by atoms with van der Waals surface area (Å²) < 4.78 is 85.3. The molecule has 0 radical (unpaired) electrons. The van der Waals surface area contributed by atoms with E-state index in [4.69, 9.17) is 23.2 Å². The molecule has 0 saturated heterocycles. The van der Waals surface area contributed by atoms with Crippen molar-refractivity contribution in [2.45, 2.75) is 24.4 Å². The lowest BCUT2D eigenvalue weighted by atomic mass is 10.0. The Labute approximate surface area is 195 Å². The average molecular weight is 527 g/mol. The monoisotopic (exact) mass is 526 g/mol. The lowest BCUT2D eigenvalue weighted by Gasteiger charge is -2.33. The van der Waals surface area contributed by atoms with Gasteiger partial charge in [0.05, 0.1) is 27.5 Å². The van der Waals surface area contributed by atoms with Crippen LogP contribution in [-0.2, 0) is 16.9 Å². The molecule has 1 aliphatic heterocycles. The van der Waals surface area contributed by atoms with Crippen LogP contribution in [0.5, 0.6) is 5.88 Å². The first-order chi connectivity index (χ1) is 15.7. The van der Waals surface area contributed by atoms with Gasteiger partial charge in [0.1, 0.15) is 11.5 Å². The number of fused-ring (bicyclic) bond motifs is 3. The highest BCUT2D eigenvalue weighted by Crippen LogP contribution is 2.44. The van der Waals surface area contributed by atoms with Gasteiger partial charge in [0.25, 0.3) is 11.6 Å². The van der Waals surface area contributed by atoms with E-state index in [9.17, 15) is 35.9 Å². The predicted octanol–water partition coefficient (Wildman–Crippen LogP) is 4.45. The van der Waals surface area contributed by atoms with Crippen LogP contribution in [0.4, 0.5) is 26.3 Å². The molecule has 1 atom stereocenters. The maximum Gasteiger partial charge on any atom is 0.438 e. The molecule has 15 heteroatoms. The Morgan fingerprint density at radius 2 is 1.79 bits per heavy atom. The number of rotatable bonds is 4. The Hall–Kier alpha value is -3.06. The Kier molecular flexibility index (Phi) is 5.67. The van der Waals surface area contributed by atoms with E-state index in [0.717, 1.165) is 24.3 Å². The van der Waals surface area contributed by atoms with Crippen molar-refractivity contribution in [3.05, 3.63) is 51.9 Å². The zero-order valence-corrected chi connectivity index (χ0v) is 17.9. The number of carbonyl (C=O) groups is 2. The molecule has 1 unspecified atom stereocenters. The van der Waals surface area contributed by atoms with E-state index < -0.39 is 54.3 Å². The first-order valence-corrected chi connectivity index (χ1v) is 9.94. The SMILES string of the molecule is O=C(NC1(C(F)(F)F)C(=O)Cc2nc3cc(Cl)c(Cl)cc3n21)c1cccc(OCC(F)(F)F)n1. The fourth-order valence-electron chi connectivity index (χ4n) is 3.50. The van der Waals surface area contributed by atoms with Gasteiger partial charge in [-0.2, -0.15) is 26.3 Å². The highest BCUT2D eigenvalue weighted by Gasteiger charge is 2.67. The minimum absolute atomic E-state index is 0.000414. The molecule has 7 nitrogen and oxygen atoms in total. The van der Waals surface area contributed by atoms with Gasteiger partial charge in [0.15, 0.2) is 12.4 Å². The number of benzene rings is 1. The number of nitrogens with zero attached hydrogens (tertiary/aromatic N) is 3. The van der Waals surface area contributed by atoms with E-state index in [2.05, 4.69) is 14.7 Å². The molecule has 1 amide bonds. The third-order valence-corrected chi connectivity index (χ3v) is 5.59. The molecular formula is C19H10Cl2F6N4O3. The first-order valence-electron chi connectivity index (χ1n) is 9.19. The summed E-state index contributed by atoms with van der Waals surface area (Å²) in [5, 5.41) is 1.56. The van der Waals surface area contributed by atoms with E-state index in [1.54, 1.807) is 5.32 Å². The van der Waals surface area contributed by atoms with Crippen molar-refractivity contribution < 1.29 is 40.7 Å². The van der Waals surface area contributed by atoms with Crippen LogP contribution in [0.2, 0.25) is 10.0 Å². The average Bonchev–Trinajstić information content (AvgIpc) is 3.19. The summed E-state index contributed by atoms with van der Waals surface area (Å²) in [6.07, 6.45) is -10.8. The summed E-state index contributed by atoms with van der Waals surface area (Å²) in [5.41, 5.74) is -4.51. The maximum atomic E-state index is 14.4. The second-order valence-electron chi connectivity index (χ2n) is 7.15. The maximum absolute atomic E-state index is 14.4. The van der Waals surface area contributed by atoms with Gasteiger partial charge in [-0.25, -0.2) is 9.97 Å². The molecule has 0 aliphatic carbocycles. The van der Waals surface area contributed by atoms with Crippen LogP contribution < -0.4 is 10.1 Å². The smallest absolute Gasteiger partial charge is 0.438 e. The van der Waals surface area contributed by atoms with Crippen LogP contribution in [0.3, 0.4) is 0 Å². The zero-order chi connectivity index (χ0) is 25.1. The minimum atomic E-state index is -5.35. The molecule has 1 aliphatic rings. The number of carbonyl (C=O) groups excluding carboxylic acids is 2. The van der Waals surface area contributed by atoms with E-state index in [-0.39, 0.29) is 26.9 Å². The van der Waals surface area contributed by atoms with Crippen LogP contribution in [0, 0.1) is 0 Å². The molecule has 0 bridgehead atoms. The number of ether oxygens (including phenoxy) is 1. The van der Waals surface area contributed by atoms with Crippen molar-refractivity contribution in [2.75, 3.05) is 6.61 Å². The summed E-state index contributed by atoms with van der Waals surface area (Å²) in [5.74, 6) is -3.88. The number of hydrogen-bond acceptors (Lipinski definition) is 5. The molecule has 1 aromatic carbocycles. The van der Waals surface area contributed by atoms with Gasteiger partial charge >= 0.3 is 12.4 Å². The van der Waals surface area contributed by atoms with Gasteiger partial charge in [-0.1, -0.05) is 29.3 Å². The highest BCUT2D eigenvalue weighted by atomic mass is 35.5. The third kappa shape index (κ3) is 4.02. The van der Waals surface area contributed by atoms with Gasteiger partial charge in [-0.05, 0) is 18.2 Å². The number of pyridine rings is 1. The standard InChI is InChI=1S/C19H10Cl2F6N4O3/c20-8-4-11-12(5-9(8)21)31-14(28-11)6-13(32)18(31,19(25,26)27)30-16(33)10-2-1-3-15(29-10)34-7-17(22,23)24/h1-5H,6-7H2,(H,30,33). The lowest BCUT2D eigenvalue weighted by Crippen LogP contribution is -2.62. The van der Waals surface area contributed by atoms with Crippen LogP contribution in [-0.4, -0.2) is 45.2 Å². The molecule has 2 aromatic heterocycles. The molecule has 3 aromatic rings. The number of aromatic nitrogens is 3. The second kappa shape index (κ2) is 8.01. The summed E-state index contributed by atoms with van der Waals surface area (Å²) >= 11 is 11.8. The van der Waals surface area contributed by atoms with Gasteiger partial charge in [0.2, 0.25) is 5.88 Å². The summed E-state index contributed by atoms with van der Waals surface area (Å²) in [6, 6.07) is 5.27. The fraction of sp³-hybridized carbons (Fsp3) is 0.263. The molecule has 4 rings (SSSR count). The minimum Gasteiger partial charge on any atom is -0.468 e. The number of imidazole rings is 1. The molecule has 0 spiro atoms. The molecule has 0 saturated carbocycles. The Bertz CT molecular complexity index is 1320. The number of nitrogens with one attached hydrogen (secondary N) is 1. The largest absolute Gasteiger partial charge is 0.468 e. The number of halogens is 8. The number of Topliss-reactive ketones (excluding diaryl/α,β-unsaturated/α-hetero) is 1. The van der Waals surface area contributed by atoms with Crippen molar-refractivity contribution in [2.24, 2.45) is 0 Å². The van der Waals surface area contributed by atoms with E-state index in [1.165, 1.54) is 6.07 Å². The van der Waals surface area contributed by atoms with Gasteiger partial charge in [-0.15, -0.1) is 0 Å². The zero-order valence-electron chi connectivity index (χ0n) is 16.4. The number of amides is 1. The molecular weight excluding hydrogens is 517 g/mol. The van der Waals surface area contributed by atoms with Crippen LogP contribution in [0.1, 0.15) is 16.3 Å². The number of hydrogen-bond donors (Lipinski definition) is 1. The fourth-order valence-corrected chi connectivity index (χ4v) is 3.81. The molecule has 34 heavy (non-hydrogen) atoms. The van der Waals surface area contributed by atoms with Crippen LogP contribution in [0.15, 0.2) is 30.3 Å². The first kappa shape index (κ1) is 24.1. The number of ketones is 1. The molecule has 180 valence electrons. The van der Waals surface area contributed by atoms with E-state index in [1.807, 2.05) is 0 Å². The van der Waals surface area contributed by atoms with E-state index >= 15 is 0 Å². The molecule has 0 fully saturated rings. The van der Waals surface area contributed by atoms with Crippen LogP contribution in [0.25, 0.3) is 11.0 Å². The number of alkyl halides is 6. The second-order valence-corrected chi connectivity index (χ2v) is 7.96. The lowest BCUT2D eigenvalue weighted by molar-refractivity contribution is -0.214. The van der Waals surface area contributed by atoms with E-state index in [0.29, 0.717) is 4.57 Å². The van der Waals surface area contributed by atoms with Crippen molar-refractivity contribution >= 4 is 45.9 Å². The quantitative estimate of drug-likeness (QED) is 0.507. The van der Waals surface area contributed by atoms with Crippen molar-refractivity contribution in [3.8, 4) is 5.88 Å². The van der Waals surface area contributed by atoms with Crippen molar-refractivity contribution in [1.82, 2.24) is 19.9 Å². The molecule has 1 N–H and O–H groups in total. The summed E-state index contributed by atoms with van der Waals surface area (Å²) in [6.45, 7) is -1.73. The normalized spacial score (nSPS) is 18.3. The van der Waals surface area contributed by atoms with Gasteiger partial charge < -0.3 is 10.1 Å². The predicted molar refractivity (Wildman–Crippen MR) is 106 cm³/mol. The third-order valence-electron chi connectivity index (χ3n) is 4.87.